The molecule has 204 valence electrons. The monoisotopic (exact) mass is 540 g/mol. The summed E-state index contributed by atoms with van der Waals surface area (Å²) in [6.07, 6.45) is 0. The van der Waals surface area contributed by atoms with Crippen LogP contribution in [0.5, 0.6) is 0 Å². The van der Waals surface area contributed by atoms with Crippen molar-refractivity contribution in [3.05, 3.63) is 77.0 Å². The fourth-order valence-electron chi connectivity index (χ4n) is 5.21. The minimum Gasteiger partial charge on any atom is -0.463 e. The summed E-state index contributed by atoms with van der Waals surface area (Å²) in [4.78, 5) is 30.5. The second-order valence-corrected chi connectivity index (χ2v) is 11.5. The maximum absolute atomic E-state index is 13.3. The van der Waals surface area contributed by atoms with Gasteiger partial charge in [0.15, 0.2) is 0 Å². The Labute approximate surface area is 225 Å². The summed E-state index contributed by atoms with van der Waals surface area (Å²) < 4.78 is 33.5. The number of aryl methyl sites for hydroxylation is 1. The Morgan fingerprint density at radius 3 is 2.45 bits per heavy atom. The summed E-state index contributed by atoms with van der Waals surface area (Å²) >= 11 is 0. The van der Waals surface area contributed by atoms with E-state index in [9.17, 15) is 18.0 Å². The summed E-state index contributed by atoms with van der Waals surface area (Å²) in [5.41, 5.74) is 2.82. The first kappa shape index (κ1) is 27.8. The van der Waals surface area contributed by atoms with Gasteiger partial charge in [-0.3, -0.25) is 9.80 Å². The van der Waals surface area contributed by atoms with Crippen LogP contribution >= 0.6 is 0 Å². The predicted octanol–water partition coefficient (Wildman–Crippen LogP) is 3.29. The standard InChI is InChI=1S/C28H36N4O5S/c1-5-31-24(19-30-15-16-32(21(4)18-30)38(35,36)23-13-8-7-9-14-23)25(27(33)37-6-2)26(29-28(31)34)22-12-10-11-20(3)17-22/h7-14,17,21,26H,5-6,15-16,18-19H2,1-4H3,(H,29,34)/t21-,26-/m1/s1. The van der Waals surface area contributed by atoms with E-state index >= 15 is 0 Å². The largest absolute Gasteiger partial charge is 0.463 e. The zero-order chi connectivity index (χ0) is 27.4. The molecule has 2 aromatic carbocycles. The number of nitrogens with zero attached hydrogens (tertiary/aromatic N) is 3. The van der Waals surface area contributed by atoms with Crippen molar-refractivity contribution in [2.45, 2.75) is 44.7 Å². The minimum atomic E-state index is -3.63. The Morgan fingerprint density at radius 1 is 1.08 bits per heavy atom. The molecule has 1 saturated heterocycles. The lowest BCUT2D eigenvalue weighted by Crippen LogP contribution is -2.56. The average Bonchev–Trinajstić information content (AvgIpc) is 2.89. The molecular formula is C28H36N4O5S. The quantitative estimate of drug-likeness (QED) is 0.516. The van der Waals surface area contributed by atoms with Crippen LogP contribution in [0.25, 0.3) is 0 Å². The van der Waals surface area contributed by atoms with Gasteiger partial charge in [-0.15, -0.1) is 0 Å². The van der Waals surface area contributed by atoms with E-state index in [1.165, 1.54) is 4.31 Å². The lowest BCUT2D eigenvalue weighted by atomic mass is 9.93. The first-order valence-corrected chi connectivity index (χ1v) is 14.4. The topological polar surface area (TPSA) is 99.3 Å². The van der Waals surface area contributed by atoms with E-state index in [1.807, 2.05) is 45.0 Å². The van der Waals surface area contributed by atoms with Crippen LogP contribution in [0.3, 0.4) is 0 Å². The van der Waals surface area contributed by atoms with Crippen LogP contribution in [0.4, 0.5) is 4.79 Å². The van der Waals surface area contributed by atoms with Gasteiger partial charge in [-0.25, -0.2) is 18.0 Å². The number of rotatable bonds is 8. The van der Waals surface area contributed by atoms with Crippen molar-refractivity contribution in [2.75, 3.05) is 39.3 Å². The molecule has 0 aliphatic carbocycles. The molecule has 2 aromatic rings. The van der Waals surface area contributed by atoms with Gasteiger partial charge in [0, 0.05) is 44.5 Å². The van der Waals surface area contributed by atoms with Gasteiger partial charge in [-0.2, -0.15) is 4.31 Å². The Kier molecular flexibility index (Phi) is 8.54. The summed E-state index contributed by atoms with van der Waals surface area (Å²) in [6, 6.07) is 14.9. The summed E-state index contributed by atoms with van der Waals surface area (Å²) in [7, 11) is -3.63. The van der Waals surface area contributed by atoms with Crippen molar-refractivity contribution >= 4 is 22.0 Å². The number of hydrogen-bond acceptors (Lipinski definition) is 6. The third-order valence-corrected chi connectivity index (χ3v) is 9.03. The van der Waals surface area contributed by atoms with E-state index in [4.69, 9.17) is 4.74 Å². The highest BCUT2D eigenvalue weighted by Crippen LogP contribution is 2.33. The minimum absolute atomic E-state index is 0.212. The molecule has 1 N–H and O–H groups in total. The fourth-order valence-corrected chi connectivity index (χ4v) is 6.85. The number of amides is 2. The number of sulfonamides is 1. The van der Waals surface area contributed by atoms with Gasteiger partial charge >= 0.3 is 12.0 Å². The number of ether oxygens (including phenoxy) is 1. The number of urea groups is 1. The fraction of sp³-hybridized carbons (Fsp3) is 0.429. The molecular weight excluding hydrogens is 504 g/mol. The van der Waals surface area contributed by atoms with Gasteiger partial charge < -0.3 is 10.1 Å². The summed E-state index contributed by atoms with van der Waals surface area (Å²) in [5.74, 6) is -0.467. The highest BCUT2D eigenvalue weighted by atomic mass is 32.2. The average molecular weight is 541 g/mol. The van der Waals surface area contributed by atoms with Crippen LogP contribution < -0.4 is 5.32 Å². The predicted molar refractivity (Wildman–Crippen MR) is 145 cm³/mol. The first-order chi connectivity index (χ1) is 18.2. The van der Waals surface area contributed by atoms with E-state index in [1.54, 1.807) is 42.2 Å². The van der Waals surface area contributed by atoms with E-state index in [0.717, 1.165) is 11.1 Å². The second kappa shape index (κ2) is 11.7. The highest BCUT2D eigenvalue weighted by molar-refractivity contribution is 7.89. The second-order valence-electron chi connectivity index (χ2n) is 9.63. The van der Waals surface area contributed by atoms with Crippen molar-refractivity contribution in [2.24, 2.45) is 0 Å². The van der Waals surface area contributed by atoms with Gasteiger partial charge in [-0.1, -0.05) is 48.0 Å². The number of carbonyl (C=O) groups is 2. The van der Waals surface area contributed by atoms with Crippen molar-refractivity contribution < 1.29 is 22.7 Å². The van der Waals surface area contributed by atoms with Crippen LogP contribution in [0.2, 0.25) is 0 Å². The zero-order valence-electron chi connectivity index (χ0n) is 22.4. The molecule has 2 aliphatic heterocycles. The lowest BCUT2D eigenvalue weighted by Gasteiger charge is -2.42. The van der Waals surface area contributed by atoms with Gasteiger partial charge in [0.2, 0.25) is 10.0 Å². The first-order valence-electron chi connectivity index (χ1n) is 13.0. The Balaban J connectivity index is 1.66. The molecule has 10 heteroatoms. The molecule has 0 radical (unpaired) electrons. The molecule has 2 aliphatic rings. The SMILES string of the molecule is CCOC(=O)C1=C(CN2CCN(S(=O)(=O)c3ccccc3)[C@H](C)C2)N(CC)C(=O)N[C@@H]1c1cccc(C)c1. The molecule has 0 aromatic heterocycles. The van der Waals surface area contributed by atoms with Gasteiger partial charge in [0.05, 0.1) is 23.1 Å². The molecule has 38 heavy (non-hydrogen) atoms. The van der Waals surface area contributed by atoms with Crippen LogP contribution in [0, 0.1) is 6.92 Å². The number of carbonyl (C=O) groups excluding carboxylic acids is 2. The van der Waals surface area contributed by atoms with E-state index in [2.05, 4.69) is 10.2 Å². The van der Waals surface area contributed by atoms with Gasteiger partial charge in [-0.05, 0) is 45.4 Å². The third-order valence-electron chi connectivity index (χ3n) is 7.00. The summed E-state index contributed by atoms with van der Waals surface area (Å²) in [6.45, 7) is 9.60. The van der Waals surface area contributed by atoms with Gasteiger partial charge in [0.25, 0.3) is 0 Å². The molecule has 2 atom stereocenters. The third kappa shape index (κ3) is 5.62. The lowest BCUT2D eigenvalue weighted by molar-refractivity contribution is -0.139. The van der Waals surface area contributed by atoms with E-state index in [0.29, 0.717) is 44.0 Å². The molecule has 0 bridgehead atoms. The van der Waals surface area contributed by atoms with E-state index < -0.39 is 22.0 Å². The van der Waals surface area contributed by atoms with Crippen molar-refractivity contribution in [1.82, 2.24) is 19.4 Å². The van der Waals surface area contributed by atoms with Crippen LogP contribution in [-0.2, 0) is 19.6 Å². The van der Waals surface area contributed by atoms with Crippen LogP contribution in [0.15, 0.2) is 70.8 Å². The molecule has 0 unspecified atom stereocenters. The summed E-state index contributed by atoms with van der Waals surface area (Å²) in [5, 5.41) is 2.99. The molecule has 2 amide bonds. The number of hydrogen-bond donors (Lipinski definition) is 1. The molecule has 2 heterocycles. The molecule has 0 saturated carbocycles. The molecule has 9 nitrogen and oxygen atoms in total. The number of benzene rings is 2. The molecule has 1 fully saturated rings. The Hall–Kier alpha value is -3.21. The van der Waals surface area contributed by atoms with Crippen molar-refractivity contribution in [3.63, 3.8) is 0 Å². The van der Waals surface area contributed by atoms with Crippen LogP contribution in [0.1, 0.15) is 37.9 Å². The van der Waals surface area contributed by atoms with Crippen molar-refractivity contribution in [1.29, 1.82) is 0 Å². The van der Waals surface area contributed by atoms with Gasteiger partial charge in [0.1, 0.15) is 0 Å². The Bertz CT molecular complexity index is 1310. The maximum Gasteiger partial charge on any atom is 0.338 e. The number of esters is 1. The zero-order valence-corrected chi connectivity index (χ0v) is 23.2. The maximum atomic E-state index is 13.3. The highest BCUT2D eigenvalue weighted by Gasteiger charge is 2.40. The molecule has 0 spiro atoms. The number of nitrogens with one attached hydrogen (secondary N) is 1. The number of likely N-dealkylation sites (N-methyl/N-ethyl adjacent to an activating group) is 1. The number of piperazine rings is 1. The van der Waals surface area contributed by atoms with E-state index in [-0.39, 0.29) is 23.6 Å². The van der Waals surface area contributed by atoms with Crippen molar-refractivity contribution in [3.8, 4) is 0 Å². The van der Waals surface area contributed by atoms with Crippen LogP contribution in [-0.4, -0.2) is 79.9 Å². The molecule has 4 rings (SSSR count). The smallest absolute Gasteiger partial charge is 0.338 e. The normalized spacial score (nSPS) is 21.4. The Morgan fingerprint density at radius 2 is 1.82 bits per heavy atom.